The van der Waals surface area contributed by atoms with Crippen LogP contribution in [0, 0.1) is 40.9 Å². The second-order valence-electron chi connectivity index (χ2n) is 9.30. The lowest BCUT2D eigenvalue weighted by Gasteiger charge is -2.31. The van der Waals surface area contributed by atoms with E-state index in [0.29, 0.717) is 36.9 Å². The molecule has 0 spiro atoms. The van der Waals surface area contributed by atoms with Gasteiger partial charge in [0.25, 0.3) is 0 Å². The predicted octanol–water partition coefficient (Wildman–Crippen LogP) is 4.90. The largest absolute Gasteiger partial charge is 0.498 e. The predicted molar refractivity (Wildman–Crippen MR) is 102 cm³/mol. The summed E-state index contributed by atoms with van der Waals surface area (Å²) in [4.78, 5) is 12.5. The summed E-state index contributed by atoms with van der Waals surface area (Å²) in [7, 11) is 0. The van der Waals surface area contributed by atoms with E-state index in [1.807, 2.05) is 0 Å². The van der Waals surface area contributed by atoms with Crippen LogP contribution in [0.5, 0.6) is 0 Å². The van der Waals surface area contributed by atoms with Gasteiger partial charge in [-0.3, -0.25) is 4.79 Å². The molecule has 4 aliphatic rings. The fourth-order valence-electron chi connectivity index (χ4n) is 5.17. The Morgan fingerprint density at radius 3 is 2.04 bits per heavy atom. The van der Waals surface area contributed by atoms with Crippen LogP contribution in [-0.2, 0) is 14.3 Å². The van der Waals surface area contributed by atoms with Crippen molar-refractivity contribution in [3.63, 3.8) is 0 Å². The van der Waals surface area contributed by atoms with Crippen LogP contribution >= 0.6 is 0 Å². The number of allylic oxidation sites excluding steroid dienone is 5. The molecule has 2 saturated carbocycles. The summed E-state index contributed by atoms with van der Waals surface area (Å²) in [6.45, 7) is 9.50. The maximum absolute atomic E-state index is 12.5. The second-order valence-corrected chi connectivity index (χ2v) is 9.30. The Morgan fingerprint density at radius 1 is 0.962 bits per heavy atom. The zero-order valence-electron chi connectivity index (χ0n) is 16.2. The molecular weight excluding hydrogens is 324 g/mol. The van der Waals surface area contributed by atoms with Gasteiger partial charge in [0.1, 0.15) is 0 Å². The van der Waals surface area contributed by atoms with Crippen LogP contribution in [0.3, 0.4) is 0 Å². The Hall–Kier alpha value is -1.51. The third-order valence-corrected chi connectivity index (χ3v) is 7.30. The molecule has 2 fully saturated rings. The monoisotopic (exact) mass is 356 g/mol. The lowest BCUT2D eigenvalue weighted by Crippen LogP contribution is -2.32. The molecule has 0 aromatic carbocycles. The highest BCUT2D eigenvalue weighted by Crippen LogP contribution is 2.47. The van der Waals surface area contributed by atoms with Gasteiger partial charge in [-0.2, -0.15) is 0 Å². The maximum Gasteiger partial charge on any atom is 0.309 e. The van der Waals surface area contributed by atoms with Gasteiger partial charge < -0.3 is 9.47 Å². The molecule has 4 rings (SSSR count). The highest BCUT2D eigenvalue weighted by molar-refractivity contribution is 5.74. The highest BCUT2D eigenvalue weighted by Gasteiger charge is 2.42. The van der Waals surface area contributed by atoms with Crippen LogP contribution < -0.4 is 0 Å². The smallest absolute Gasteiger partial charge is 0.309 e. The van der Waals surface area contributed by atoms with Gasteiger partial charge in [0.15, 0.2) is 0 Å². The molecular formula is C23H32O3. The first-order valence-corrected chi connectivity index (χ1v) is 10.3. The summed E-state index contributed by atoms with van der Waals surface area (Å²) < 4.78 is 11.9. The molecule has 142 valence electrons. The Kier molecular flexibility index (Phi) is 4.75. The first-order chi connectivity index (χ1) is 12.5. The van der Waals surface area contributed by atoms with Crippen LogP contribution in [0.2, 0.25) is 0 Å². The van der Waals surface area contributed by atoms with E-state index in [-0.39, 0.29) is 17.3 Å². The molecule has 0 amide bonds. The number of hydrogen-bond acceptors (Lipinski definition) is 3. The molecule has 0 radical (unpaired) electrons. The van der Waals surface area contributed by atoms with Crippen LogP contribution in [0.25, 0.3) is 0 Å². The van der Waals surface area contributed by atoms with E-state index in [9.17, 15) is 4.79 Å². The summed E-state index contributed by atoms with van der Waals surface area (Å²) in [5.74, 6) is 3.78. The molecule has 0 aromatic rings. The molecule has 0 aliphatic heterocycles. The molecule has 0 heterocycles. The summed E-state index contributed by atoms with van der Waals surface area (Å²) in [5.41, 5.74) is -0.153. The molecule has 26 heavy (non-hydrogen) atoms. The molecule has 3 heteroatoms. The average Bonchev–Trinajstić information content (AvgIpc) is 3.44. The van der Waals surface area contributed by atoms with Gasteiger partial charge in [-0.05, 0) is 55.8 Å². The molecule has 0 saturated heterocycles. The molecule has 3 nitrogen and oxygen atoms in total. The number of carbonyl (C=O) groups excluding carboxylic acids is 1. The maximum atomic E-state index is 12.5. The molecule has 7 unspecified atom stereocenters. The van der Waals surface area contributed by atoms with Crippen molar-refractivity contribution in [1.29, 1.82) is 0 Å². The molecule has 7 atom stereocenters. The van der Waals surface area contributed by atoms with E-state index in [4.69, 9.17) is 9.47 Å². The van der Waals surface area contributed by atoms with E-state index in [2.05, 4.69) is 44.7 Å². The van der Waals surface area contributed by atoms with E-state index < -0.39 is 0 Å². The third kappa shape index (κ3) is 3.37. The minimum Gasteiger partial charge on any atom is -0.498 e. The van der Waals surface area contributed by atoms with Crippen molar-refractivity contribution in [2.45, 2.75) is 46.0 Å². The second kappa shape index (κ2) is 6.90. The topological polar surface area (TPSA) is 35.5 Å². The zero-order chi connectivity index (χ0) is 18.3. The number of carbonyl (C=O) groups is 1. The van der Waals surface area contributed by atoms with Crippen LogP contribution in [-0.4, -0.2) is 19.2 Å². The van der Waals surface area contributed by atoms with E-state index in [1.54, 1.807) is 0 Å². The van der Waals surface area contributed by atoms with Crippen molar-refractivity contribution in [3.8, 4) is 0 Å². The van der Waals surface area contributed by atoms with E-state index in [1.165, 1.54) is 12.8 Å². The standard InChI is InChI=1S/C23H32O3/c1-4-23(3,13-25-15(2)20-11-16-5-7-18(20)9-16)14-26-22(24)21-12-17-6-8-19(21)10-17/h5-8,16-21H,2,4,9-14H2,1,3H3. The Morgan fingerprint density at radius 2 is 1.54 bits per heavy atom. The van der Waals surface area contributed by atoms with Gasteiger partial charge in [-0.1, -0.05) is 44.7 Å². The van der Waals surface area contributed by atoms with Crippen LogP contribution in [0.4, 0.5) is 0 Å². The SMILES string of the molecule is C=C(OCC(C)(CC)COC(=O)C1CC2C=CC1C2)C1CC2C=CC1C2. The third-order valence-electron chi connectivity index (χ3n) is 7.30. The number of esters is 1. The van der Waals surface area contributed by atoms with Gasteiger partial charge in [0.2, 0.25) is 0 Å². The van der Waals surface area contributed by atoms with Gasteiger partial charge in [-0.15, -0.1) is 0 Å². The zero-order valence-corrected chi connectivity index (χ0v) is 16.2. The van der Waals surface area contributed by atoms with E-state index in [0.717, 1.165) is 30.9 Å². The van der Waals surface area contributed by atoms with Crippen molar-refractivity contribution >= 4 is 5.97 Å². The lowest BCUT2D eigenvalue weighted by molar-refractivity contribution is -0.154. The number of ether oxygens (including phenoxy) is 2. The van der Waals surface area contributed by atoms with Crippen LogP contribution in [0.1, 0.15) is 46.0 Å². The summed E-state index contributed by atoms with van der Waals surface area (Å²) in [5, 5.41) is 0. The van der Waals surface area contributed by atoms with Crippen molar-refractivity contribution in [3.05, 3.63) is 36.6 Å². The number of hydrogen-bond donors (Lipinski definition) is 0. The Bertz CT molecular complexity index is 581. The summed E-state index contributed by atoms with van der Waals surface area (Å²) in [6.07, 6.45) is 14.6. The van der Waals surface area contributed by atoms with Gasteiger partial charge >= 0.3 is 5.97 Å². The van der Waals surface area contributed by atoms with Gasteiger partial charge in [0, 0.05) is 11.3 Å². The molecule has 0 aromatic heterocycles. The minimum atomic E-state index is -0.153. The number of rotatable bonds is 8. The van der Waals surface area contributed by atoms with Crippen LogP contribution in [0.15, 0.2) is 36.6 Å². The first kappa shape index (κ1) is 17.9. The average molecular weight is 357 g/mol. The van der Waals surface area contributed by atoms with Crippen molar-refractivity contribution in [2.75, 3.05) is 13.2 Å². The molecule has 4 aliphatic carbocycles. The van der Waals surface area contributed by atoms with Crippen molar-refractivity contribution in [2.24, 2.45) is 40.9 Å². The molecule has 0 N–H and O–H groups in total. The van der Waals surface area contributed by atoms with Gasteiger partial charge in [-0.25, -0.2) is 0 Å². The summed E-state index contributed by atoms with van der Waals surface area (Å²) in [6, 6.07) is 0. The first-order valence-electron chi connectivity index (χ1n) is 10.3. The Labute approximate surface area is 157 Å². The fourth-order valence-corrected chi connectivity index (χ4v) is 5.17. The van der Waals surface area contributed by atoms with E-state index >= 15 is 0 Å². The quantitative estimate of drug-likeness (QED) is 0.352. The highest BCUT2D eigenvalue weighted by atomic mass is 16.5. The molecule has 4 bridgehead atoms. The number of fused-ring (bicyclic) bond motifs is 4. The Balaban J connectivity index is 1.25. The fraction of sp³-hybridized carbons (Fsp3) is 0.696. The summed E-state index contributed by atoms with van der Waals surface area (Å²) >= 11 is 0. The van der Waals surface area contributed by atoms with Crippen molar-refractivity contribution < 1.29 is 14.3 Å². The minimum absolute atomic E-state index is 0.0152. The lowest BCUT2D eigenvalue weighted by atomic mass is 9.88. The van der Waals surface area contributed by atoms with Crippen molar-refractivity contribution in [1.82, 2.24) is 0 Å². The van der Waals surface area contributed by atoms with Gasteiger partial charge in [0.05, 0.1) is 24.9 Å². The normalized spacial score (nSPS) is 38.5.